The number of carbonyl (C=O) groups excluding carboxylic acids is 1. The van der Waals surface area contributed by atoms with Crippen LogP contribution in [0.3, 0.4) is 0 Å². The predicted molar refractivity (Wildman–Crippen MR) is 66.7 cm³/mol. The molecule has 0 aliphatic heterocycles. The SMILES string of the molecule is COCCNC(=O)c1cc(C)c(C)cc1OC. The van der Waals surface area contributed by atoms with E-state index in [0.29, 0.717) is 24.5 Å². The molecule has 0 aromatic heterocycles. The lowest BCUT2D eigenvalue weighted by molar-refractivity contribution is 0.0934. The number of carbonyl (C=O) groups is 1. The first-order valence-corrected chi connectivity index (χ1v) is 5.52. The van der Waals surface area contributed by atoms with Crippen LogP contribution in [0.4, 0.5) is 0 Å². The second kappa shape index (κ2) is 6.25. The minimum Gasteiger partial charge on any atom is -0.496 e. The average molecular weight is 237 g/mol. The molecule has 0 heterocycles. The van der Waals surface area contributed by atoms with Gasteiger partial charge in [0.15, 0.2) is 0 Å². The van der Waals surface area contributed by atoms with Gasteiger partial charge in [-0.2, -0.15) is 0 Å². The Morgan fingerprint density at radius 2 is 1.88 bits per heavy atom. The Kier molecular flexibility index (Phi) is 4.97. The van der Waals surface area contributed by atoms with Crippen LogP contribution in [0.5, 0.6) is 5.75 Å². The van der Waals surface area contributed by atoms with Crippen molar-refractivity contribution in [2.45, 2.75) is 13.8 Å². The van der Waals surface area contributed by atoms with E-state index in [-0.39, 0.29) is 5.91 Å². The van der Waals surface area contributed by atoms with Crippen LogP contribution in [0.15, 0.2) is 12.1 Å². The van der Waals surface area contributed by atoms with Crippen molar-refractivity contribution >= 4 is 5.91 Å². The highest BCUT2D eigenvalue weighted by Crippen LogP contribution is 2.22. The molecule has 0 unspecified atom stereocenters. The number of methoxy groups -OCH3 is 2. The summed E-state index contributed by atoms with van der Waals surface area (Å²) in [5.74, 6) is 0.463. The molecule has 0 aliphatic rings. The van der Waals surface area contributed by atoms with Crippen LogP contribution >= 0.6 is 0 Å². The molecule has 1 N–H and O–H groups in total. The summed E-state index contributed by atoms with van der Waals surface area (Å²) < 4.78 is 10.1. The number of rotatable bonds is 5. The van der Waals surface area contributed by atoms with E-state index in [1.54, 1.807) is 14.2 Å². The molecule has 0 bridgehead atoms. The van der Waals surface area contributed by atoms with Gasteiger partial charge in [0.25, 0.3) is 5.91 Å². The van der Waals surface area contributed by atoms with Gasteiger partial charge >= 0.3 is 0 Å². The molecule has 0 spiro atoms. The van der Waals surface area contributed by atoms with Gasteiger partial charge < -0.3 is 14.8 Å². The molecule has 0 atom stereocenters. The summed E-state index contributed by atoms with van der Waals surface area (Å²) in [4.78, 5) is 11.9. The van der Waals surface area contributed by atoms with E-state index < -0.39 is 0 Å². The first kappa shape index (κ1) is 13.5. The highest BCUT2D eigenvalue weighted by atomic mass is 16.5. The summed E-state index contributed by atoms with van der Waals surface area (Å²) in [7, 11) is 3.17. The molecule has 1 aromatic rings. The number of hydrogen-bond acceptors (Lipinski definition) is 3. The quantitative estimate of drug-likeness (QED) is 0.793. The molecule has 0 saturated heterocycles. The maximum Gasteiger partial charge on any atom is 0.255 e. The Morgan fingerprint density at radius 1 is 1.24 bits per heavy atom. The third-order valence-electron chi connectivity index (χ3n) is 2.65. The third-order valence-corrected chi connectivity index (χ3v) is 2.65. The van der Waals surface area contributed by atoms with Crippen molar-refractivity contribution in [2.75, 3.05) is 27.4 Å². The van der Waals surface area contributed by atoms with Gasteiger partial charge in [-0.1, -0.05) is 0 Å². The van der Waals surface area contributed by atoms with Crippen LogP contribution in [-0.4, -0.2) is 33.3 Å². The standard InChI is InChI=1S/C13H19NO3/c1-9-7-11(12(17-4)8-10(9)2)13(15)14-5-6-16-3/h7-8H,5-6H2,1-4H3,(H,14,15). The van der Waals surface area contributed by atoms with Gasteiger partial charge in [-0.3, -0.25) is 4.79 Å². The zero-order valence-corrected chi connectivity index (χ0v) is 10.8. The van der Waals surface area contributed by atoms with Gasteiger partial charge in [0.2, 0.25) is 0 Å². The van der Waals surface area contributed by atoms with Crippen LogP contribution in [-0.2, 0) is 4.74 Å². The van der Waals surface area contributed by atoms with Crippen molar-refractivity contribution in [3.8, 4) is 5.75 Å². The minimum absolute atomic E-state index is 0.137. The molecule has 94 valence electrons. The van der Waals surface area contributed by atoms with Crippen molar-refractivity contribution < 1.29 is 14.3 Å². The fraction of sp³-hybridized carbons (Fsp3) is 0.462. The summed E-state index contributed by atoms with van der Waals surface area (Å²) in [5, 5.41) is 2.78. The van der Waals surface area contributed by atoms with E-state index in [2.05, 4.69) is 5.32 Å². The van der Waals surface area contributed by atoms with E-state index in [0.717, 1.165) is 11.1 Å². The number of hydrogen-bond donors (Lipinski definition) is 1. The normalized spacial score (nSPS) is 10.1. The Bertz CT molecular complexity index is 402. The zero-order chi connectivity index (χ0) is 12.8. The Morgan fingerprint density at radius 3 is 2.47 bits per heavy atom. The lowest BCUT2D eigenvalue weighted by atomic mass is 10.0. The molecule has 0 saturated carbocycles. The van der Waals surface area contributed by atoms with E-state index in [1.807, 2.05) is 26.0 Å². The van der Waals surface area contributed by atoms with Crippen molar-refractivity contribution in [3.63, 3.8) is 0 Å². The highest BCUT2D eigenvalue weighted by Gasteiger charge is 2.13. The summed E-state index contributed by atoms with van der Waals surface area (Å²) in [6.07, 6.45) is 0. The molecule has 17 heavy (non-hydrogen) atoms. The Hall–Kier alpha value is -1.55. The summed E-state index contributed by atoms with van der Waals surface area (Å²) >= 11 is 0. The molecule has 1 rings (SSSR count). The fourth-order valence-electron chi connectivity index (χ4n) is 1.50. The van der Waals surface area contributed by atoms with E-state index in [4.69, 9.17) is 9.47 Å². The van der Waals surface area contributed by atoms with Crippen molar-refractivity contribution in [1.82, 2.24) is 5.32 Å². The molecular formula is C13H19NO3. The number of aryl methyl sites for hydroxylation is 2. The van der Waals surface area contributed by atoms with Gasteiger partial charge in [0.1, 0.15) is 5.75 Å². The van der Waals surface area contributed by atoms with E-state index in [1.165, 1.54) is 0 Å². The van der Waals surface area contributed by atoms with Gasteiger partial charge in [-0.05, 0) is 37.1 Å². The second-order valence-electron chi connectivity index (χ2n) is 3.89. The maximum absolute atomic E-state index is 11.9. The summed E-state index contributed by atoms with van der Waals surface area (Å²) in [6.45, 7) is 4.95. The number of nitrogens with one attached hydrogen (secondary N) is 1. The number of ether oxygens (including phenoxy) is 2. The molecule has 0 fully saturated rings. The zero-order valence-electron chi connectivity index (χ0n) is 10.8. The van der Waals surface area contributed by atoms with Crippen LogP contribution in [0, 0.1) is 13.8 Å². The van der Waals surface area contributed by atoms with Crippen LogP contribution in [0.1, 0.15) is 21.5 Å². The van der Waals surface area contributed by atoms with Crippen molar-refractivity contribution in [1.29, 1.82) is 0 Å². The number of amides is 1. The van der Waals surface area contributed by atoms with E-state index in [9.17, 15) is 4.79 Å². The van der Waals surface area contributed by atoms with Crippen LogP contribution < -0.4 is 10.1 Å². The van der Waals surface area contributed by atoms with Crippen molar-refractivity contribution in [2.24, 2.45) is 0 Å². The Balaban J connectivity index is 2.88. The lowest BCUT2D eigenvalue weighted by Crippen LogP contribution is -2.27. The largest absolute Gasteiger partial charge is 0.496 e. The third kappa shape index (κ3) is 3.46. The molecule has 0 aliphatic carbocycles. The Labute approximate surface area is 102 Å². The van der Waals surface area contributed by atoms with Crippen LogP contribution in [0.25, 0.3) is 0 Å². The highest BCUT2D eigenvalue weighted by molar-refractivity contribution is 5.97. The van der Waals surface area contributed by atoms with Gasteiger partial charge in [0, 0.05) is 13.7 Å². The maximum atomic E-state index is 11.9. The van der Waals surface area contributed by atoms with Crippen molar-refractivity contribution in [3.05, 3.63) is 28.8 Å². The summed E-state index contributed by atoms with van der Waals surface area (Å²) in [6, 6.07) is 3.72. The first-order valence-electron chi connectivity index (χ1n) is 5.52. The topological polar surface area (TPSA) is 47.6 Å². The lowest BCUT2D eigenvalue weighted by Gasteiger charge is -2.11. The van der Waals surface area contributed by atoms with Gasteiger partial charge in [0.05, 0.1) is 19.3 Å². The fourth-order valence-corrected chi connectivity index (χ4v) is 1.50. The second-order valence-corrected chi connectivity index (χ2v) is 3.89. The van der Waals surface area contributed by atoms with Crippen LogP contribution in [0.2, 0.25) is 0 Å². The smallest absolute Gasteiger partial charge is 0.255 e. The minimum atomic E-state index is -0.137. The molecular weight excluding hydrogens is 218 g/mol. The molecule has 4 nitrogen and oxygen atoms in total. The molecule has 1 aromatic carbocycles. The summed E-state index contributed by atoms with van der Waals surface area (Å²) in [5.41, 5.74) is 2.74. The monoisotopic (exact) mass is 237 g/mol. The molecule has 4 heteroatoms. The van der Waals surface area contributed by atoms with Gasteiger partial charge in [-0.25, -0.2) is 0 Å². The molecule has 1 amide bonds. The van der Waals surface area contributed by atoms with E-state index >= 15 is 0 Å². The molecule has 0 radical (unpaired) electrons. The number of benzene rings is 1. The predicted octanol–water partition coefficient (Wildman–Crippen LogP) is 1.69. The first-order chi connectivity index (χ1) is 8.10. The average Bonchev–Trinajstić information content (AvgIpc) is 2.32. The van der Waals surface area contributed by atoms with Gasteiger partial charge in [-0.15, -0.1) is 0 Å².